The first kappa shape index (κ1) is 11.1. The summed E-state index contributed by atoms with van der Waals surface area (Å²) in [7, 11) is 2.07. The minimum Gasteiger partial charge on any atom is -0.480 e. The van der Waals surface area contributed by atoms with Gasteiger partial charge in [-0.3, -0.25) is 4.79 Å². The molecule has 2 rings (SSSR count). The van der Waals surface area contributed by atoms with Crippen molar-refractivity contribution in [3.63, 3.8) is 0 Å². The largest absolute Gasteiger partial charge is 0.480 e. The van der Waals surface area contributed by atoms with Gasteiger partial charge in [-0.25, -0.2) is 0 Å². The Labute approximate surface area is 94.7 Å². The summed E-state index contributed by atoms with van der Waals surface area (Å²) in [4.78, 5) is 13.0. The fraction of sp³-hybridized carbons (Fsp3) is 0.417. The molecule has 86 valence electrons. The van der Waals surface area contributed by atoms with Crippen molar-refractivity contribution in [2.24, 2.45) is 5.73 Å². The quantitative estimate of drug-likeness (QED) is 0.790. The fourth-order valence-electron chi connectivity index (χ4n) is 2.06. The molecular weight excluding hydrogens is 204 g/mol. The first-order valence-electron chi connectivity index (χ1n) is 5.34. The Morgan fingerprint density at radius 2 is 2.25 bits per heavy atom. The summed E-state index contributed by atoms with van der Waals surface area (Å²) in [5.41, 5.74) is 7.45. The molecule has 1 heterocycles. The first-order valence-corrected chi connectivity index (χ1v) is 5.34. The topological polar surface area (TPSA) is 66.6 Å². The van der Waals surface area contributed by atoms with Crippen molar-refractivity contribution in [3.8, 4) is 0 Å². The number of rotatable bonds is 3. The molecule has 1 aromatic rings. The maximum Gasteiger partial charge on any atom is 0.325 e. The second-order valence-corrected chi connectivity index (χ2v) is 4.40. The molecule has 16 heavy (non-hydrogen) atoms. The Bertz CT molecular complexity index is 400. The van der Waals surface area contributed by atoms with Crippen LogP contribution in [0.15, 0.2) is 24.3 Å². The van der Waals surface area contributed by atoms with Crippen LogP contribution >= 0.6 is 0 Å². The van der Waals surface area contributed by atoms with Gasteiger partial charge < -0.3 is 15.7 Å². The predicted octanol–water partition coefficient (Wildman–Crippen LogP) is 0.800. The standard InChI is InChI=1S/C12H16N2O2/c1-14-6-10(7-14)8-3-2-4-9(5-8)11(13)12(15)16/h2-5,10-11H,6-7,13H2,1H3,(H,15,16). The van der Waals surface area contributed by atoms with E-state index in [0.29, 0.717) is 11.5 Å². The van der Waals surface area contributed by atoms with Crippen LogP contribution in [0.3, 0.4) is 0 Å². The third-order valence-electron chi connectivity index (χ3n) is 3.07. The average molecular weight is 220 g/mol. The predicted molar refractivity (Wildman–Crippen MR) is 61.2 cm³/mol. The average Bonchev–Trinajstić information content (AvgIpc) is 2.24. The van der Waals surface area contributed by atoms with E-state index in [1.807, 2.05) is 18.2 Å². The van der Waals surface area contributed by atoms with Gasteiger partial charge in [0.2, 0.25) is 0 Å². The maximum absolute atomic E-state index is 10.8. The van der Waals surface area contributed by atoms with E-state index in [0.717, 1.165) is 13.1 Å². The summed E-state index contributed by atoms with van der Waals surface area (Å²) in [6, 6.07) is 6.68. The fourth-order valence-corrected chi connectivity index (χ4v) is 2.06. The maximum atomic E-state index is 10.8. The number of carbonyl (C=O) groups is 1. The molecule has 1 unspecified atom stereocenters. The molecule has 0 aromatic heterocycles. The van der Waals surface area contributed by atoms with E-state index in [1.54, 1.807) is 6.07 Å². The normalized spacial score (nSPS) is 19.1. The lowest BCUT2D eigenvalue weighted by atomic mass is 9.90. The number of likely N-dealkylation sites (tertiary alicyclic amines) is 1. The van der Waals surface area contributed by atoms with E-state index in [2.05, 4.69) is 11.9 Å². The van der Waals surface area contributed by atoms with Gasteiger partial charge in [0.05, 0.1) is 0 Å². The van der Waals surface area contributed by atoms with Crippen LogP contribution in [0.4, 0.5) is 0 Å². The summed E-state index contributed by atoms with van der Waals surface area (Å²) in [6.45, 7) is 2.07. The van der Waals surface area contributed by atoms with Crippen molar-refractivity contribution in [1.29, 1.82) is 0 Å². The van der Waals surface area contributed by atoms with Gasteiger partial charge in [-0.15, -0.1) is 0 Å². The zero-order chi connectivity index (χ0) is 11.7. The van der Waals surface area contributed by atoms with Crippen LogP contribution in [-0.4, -0.2) is 36.1 Å². The minimum atomic E-state index is -0.983. The number of carboxylic acids is 1. The second kappa shape index (κ2) is 4.23. The molecule has 0 amide bonds. The number of carboxylic acid groups (broad SMARTS) is 1. The molecule has 1 aliphatic heterocycles. The van der Waals surface area contributed by atoms with Crippen molar-refractivity contribution in [2.75, 3.05) is 20.1 Å². The smallest absolute Gasteiger partial charge is 0.325 e. The summed E-state index contributed by atoms with van der Waals surface area (Å²) in [6.07, 6.45) is 0. The Balaban J connectivity index is 2.16. The highest BCUT2D eigenvalue weighted by Crippen LogP contribution is 2.27. The highest BCUT2D eigenvalue weighted by molar-refractivity contribution is 5.75. The lowest BCUT2D eigenvalue weighted by molar-refractivity contribution is -0.138. The summed E-state index contributed by atoms with van der Waals surface area (Å²) >= 11 is 0. The van der Waals surface area contributed by atoms with E-state index in [4.69, 9.17) is 10.8 Å². The van der Waals surface area contributed by atoms with Crippen molar-refractivity contribution < 1.29 is 9.90 Å². The Kier molecular flexibility index (Phi) is 2.94. The van der Waals surface area contributed by atoms with Crippen LogP contribution in [0.1, 0.15) is 23.1 Å². The van der Waals surface area contributed by atoms with Gasteiger partial charge in [0.15, 0.2) is 0 Å². The molecule has 1 aliphatic rings. The monoisotopic (exact) mass is 220 g/mol. The number of nitrogens with two attached hydrogens (primary N) is 1. The molecule has 0 saturated carbocycles. The number of aliphatic carboxylic acids is 1. The molecule has 0 aliphatic carbocycles. The Morgan fingerprint density at radius 1 is 1.56 bits per heavy atom. The molecular formula is C12H16N2O2. The number of benzene rings is 1. The lowest BCUT2D eigenvalue weighted by Crippen LogP contribution is -2.41. The number of hydrogen-bond donors (Lipinski definition) is 2. The number of likely N-dealkylation sites (N-methyl/N-ethyl adjacent to an activating group) is 1. The summed E-state index contributed by atoms with van der Waals surface area (Å²) in [5, 5.41) is 8.84. The van der Waals surface area contributed by atoms with Crippen LogP contribution in [0.25, 0.3) is 0 Å². The molecule has 1 aromatic carbocycles. The van der Waals surface area contributed by atoms with E-state index >= 15 is 0 Å². The highest BCUT2D eigenvalue weighted by Gasteiger charge is 2.25. The zero-order valence-electron chi connectivity index (χ0n) is 9.26. The third-order valence-corrected chi connectivity index (χ3v) is 3.07. The number of nitrogens with zero attached hydrogens (tertiary/aromatic N) is 1. The Hall–Kier alpha value is -1.39. The van der Waals surface area contributed by atoms with Crippen LogP contribution in [0, 0.1) is 0 Å². The molecule has 1 saturated heterocycles. The van der Waals surface area contributed by atoms with Gasteiger partial charge in [0.1, 0.15) is 6.04 Å². The third kappa shape index (κ3) is 2.08. The molecule has 0 bridgehead atoms. The van der Waals surface area contributed by atoms with E-state index in [1.165, 1.54) is 5.56 Å². The second-order valence-electron chi connectivity index (χ2n) is 4.40. The van der Waals surface area contributed by atoms with Crippen molar-refractivity contribution >= 4 is 5.97 Å². The Morgan fingerprint density at radius 3 is 2.81 bits per heavy atom. The molecule has 0 radical (unpaired) electrons. The van der Waals surface area contributed by atoms with Crippen molar-refractivity contribution in [2.45, 2.75) is 12.0 Å². The molecule has 3 N–H and O–H groups in total. The first-order chi connectivity index (χ1) is 7.58. The van der Waals surface area contributed by atoms with Crippen molar-refractivity contribution in [3.05, 3.63) is 35.4 Å². The summed E-state index contributed by atoms with van der Waals surface area (Å²) in [5.74, 6) is -0.464. The molecule has 4 nitrogen and oxygen atoms in total. The van der Waals surface area contributed by atoms with Gasteiger partial charge in [-0.05, 0) is 18.2 Å². The number of hydrogen-bond acceptors (Lipinski definition) is 3. The van der Waals surface area contributed by atoms with E-state index in [9.17, 15) is 4.79 Å². The van der Waals surface area contributed by atoms with Crippen LogP contribution in [0.2, 0.25) is 0 Å². The van der Waals surface area contributed by atoms with Gasteiger partial charge in [-0.1, -0.05) is 24.3 Å². The molecule has 0 spiro atoms. The van der Waals surface area contributed by atoms with Gasteiger partial charge in [0, 0.05) is 19.0 Å². The van der Waals surface area contributed by atoms with E-state index < -0.39 is 12.0 Å². The van der Waals surface area contributed by atoms with Crippen molar-refractivity contribution in [1.82, 2.24) is 4.90 Å². The van der Waals surface area contributed by atoms with Gasteiger partial charge >= 0.3 is 5.97 Å². The minimum absolute atomic E-state index is 0.519. The van der Waals surface area contributed by atoms with Crippen LogP contribution < -0.4 is 5.73 Å². The van der Waals surface area contributed by atoms with Gasteiger partial charge in [0.25, 0.3) is 0 Å². The lowest BCUT2D eigenvalue weighted by Gasteiger charge is -2.36. The SMILES string of the molecule is CN1CC(c2cccc(C(N)C(=O)O)c2)C1. The zero-order valence-corrected chi connectivity index (χ0v) is 9.26. The molecule has 4 heteroatoms. The molecule has 1 atom stereocenters. The van der Waals surface area contributed by atoms with Gasteiger partial charge in [-0.2, -0.15) is 0 Å². The van der Waals surface area contributed by atoms with Crippen LogP contribution in [-0.2, 0) is 4.79 Å². The van der Waals surface area contributed by atoms with E-state index in [-0.39, 0.29) is 0 Å². The highest BCUT2D eigenvalue weighted by atomic mass is 16.4. The summed E-state index contributed by atoms with van der Waals surface area (Å²) < 4.78 is 0. The van der Waals surface area contributed by atoms with Crippen LogP contribution in [0.5, 0.6) is 0 Å². The molecule has 1 fully saturated rings.